The zero-order valence-electron chi connectivity index (χ0n) is 13.3. The van der Waals surface area contributed by atoms with Crippen LogP contribution in [0.5, 0.6) is 0 Å². The summed E-state index contributed by atoms with van der Waals surface area (Å²) in [5.41, 5.74) is 1.71. The molecule has 0 radical (unpaired) electrons. The lowest BCUT2D eigenvalue weighted by atomic mass is 9.74. The zero-order valence-corrected chi connectivity index (χ0v) is 13.3. The van der Waals surface area contributed by atoms with Crippen LogP contribution in [-0.4, -0.2) is 28.5 Å². The van der Waals surface area contributed by atoms with Gasteiger partial charge in [-0.15, -0.1) is 0 Å². The lowest BCUT2D eigenvalue weighted by Crippen LogP contribution is -2.44. The molecule has 1 aromatic carbocycles. The average molecular weight is 314 g/mol. The first-order valence-electron chi connectivity index (χ1n) is 8.11. The van der Waals surface area contributed by atoms with Crippen LogP contribution in [0.1, 0.15) is 48.2 Å². The van der Waals surface area contributed by atoms with E-state index in [4.69, 9.17) is 0 Å². The molecule has 0 atom stereocenters. The number of carbonyl (C=O) groups excluding carboxylic acids is 1. The summed E-state index contributed by atoms with van der Waals surface area (Å²) >= 11 is 0. The second-order valence-corrected chi connectivity index (χ2v) is 6.60. The number of fused-ring (bicyclic) bond motifs is 1. The minimum Gasteiger partial charge on any atom is -0.481 e. The Morgan fingerprint density at radius 3 is 2.65 bits per heavy atom. The van der Waals surface area contributed by atoms with Crippen LogP contribution in [0.15, 0.2) is 24.3 Å². The third-order valence-electron chi connectivity index (χ3n) is 4.87. The Hall–Kier alpha value is -2.30. The van der Waals surface area contributed by atoms with Crippen LogP contribution in [0, 0.1) is 12.3 Å². The monoisotopic (exact) mass is 314 g/mol. The van der Waals surface area contributed by atoms with Crippen molar-refractivity contribution in [2.24, 2.45) is 5.41 Å². The Labute approximate surface area is 135 Å². The lowest BCUT2D eigenvalue weighted by molar-refractivity contribution is -0.150. The van der Waals surface area contributed by atoms with Crippen molar-refractivity contribution in [3.05, 3.63) is 35.5 Å². The summed E-state index contributed by atoms with van der Waals surface area (Å²) in [6.07, 6.45) is 4.16. The zero-order chi connectivity index (χ0) is 16.4. The fraction of sp³-hybridized carbons (Fsp3) is 0.444. The van der Waals surface area contributed by atoms with Gasteiger partial charge in [-0.1, -0.05) is 31.4 Å². The first-order chi connectivity index (χ1) is 11.0. The van der Waals surface area contributed by atoms with Crippen LogP contribution in [0.25, 0.3) is 10.9 Å². The highest BCUT2D eigenvalue weighted by atomic mass is 16.4. The summed E-state index contributed by atoms with van der Waals surface area (Å²) in [5.74, 6) is -1.05. The normalized spacial score (nSPS) is 17.1. The highest BCUT2D eigenvalue weighted by molar-refractivity contribution is 5.98. The van der Waals surface area contributed by atoms with Crippen LogP contribution in [0.4, 0.5) is 0 Å². The molecule has 1 aromatic heterocycles. The molecule has 1 aliphatic carbocycles. The Morgan fingerprint density at radius 2 is 1.96 bits per heavy atom. The Kier molecular flexibility index (Phi) is 4.11. The predicted molar refractivity (Wildman–Crippen MR) is 88.5 cm³/mol. The number of nitrogens with one attached hydrogen (secondary N) is 2. The molecule has 3 N–H and O–H groups in total. The number of aromatic nitrogens is 1. The molecule has 1 heterocycles. The van der Waals surface area contributed by atoms with Crippen molar-refractivity contribution < 1.29 is 14.7 Å². The Morgan fingerprint density at radius 1 is 1.22 bits per heavy atom. The number of aromatic amines is 1. The first kappa shape index (κ1) is 15.6. The second kappa shape index (κ2) is 6.07. The maximum atomic E-state index is 12.4. The quantitative estimate of drug-likeness (QED) is 0.810. The van der Waals surface area contributed by atoms with E-state index >= 15 is 0 Å². The van der Waals surface area contributed by atoms with Crippen molar-refractivity contribution in [2.45, 2.75) is 39.0 Å². The summed E-state index contributed by atoms with van der Waals surface area (Å²) in [4.78, 5) is 27.1. The first-order valence-corrected chi connectivity index (χ1v) is 8.11. The van der Waals surface area contributed by atoms with Crippen LogP contribution in [0.3, 0.4) is 0 Å². The van der Waals surface area contributed by atoms with E-state index in [9.17, 15) is 14.7 Å². The van der Waals surface area contributed by atoms with E-state index in [-0.39, 0.29) is 12.5 Å². The molecule has 0 unspecified atom stereocenters. The molecule has 0 spiro atoms. The molecule has 0 saturated heterocycles. The van der Waals surface area contributed by atoms with E-state index in [0.717, 1.165) is 35.7 Å². The minimum atomic E-state index is -0.809. The minimum absolute atomic E-state index is 0.190. The fourth-order valence-electron chi connectivity index (χ4n) is 3.40. The fourth-order valence-corrected chi connectivity index (χ4v) is 3.40. The summed E-state index contributed by atoms with van der Waals surface area (Å²) in [6, 6.07) is 7.77. The molecule has 5 nitrogen and oxygen atoms in total. The molecule has 1 saturated carbocycles. The summed E-state index contributed by atoms with van der Waals surface area (Å²) in [6.45, 7) is 2.19. The highest BCUT2D eigenvalue weighted by Crippen LogP contribution is 2.36. The van der Waals surface area contributed by atoms with Crippen LogP contribution in [0.2, 0.25) is 0 Å². The van der Waals surface area contributed by atoms with E-state index in [1.807, 2.05) is 25.1 Å². The second-order valence-electron chi connectivity index (χ2n) is 6.60. The molecule has 1 aliphatic rings. The number of rotatable bonds is 4. The number of aliphatic carboxylic acids is 1. The smallest absolute Gasteiger partial charge is 0.311 e. The standard InChI is InChI=1S/C18H22N2O3/c1-12-5-6-13-10-15(20-14(13)9-12)16(21)19-11-18(17(22)23)7-3-2-4-8-18/h5-6,9-10,20H,2-4,7-8,11H2,1H3,(H,19,21)(H,22,23). The van der Waals surface area contributed by atoms with E-state index in [1.54, 1.807) is 6.07 Å². The largest absolute Gasteiger partial charge is 0.481 e. The van der Waals surface area contributed by atoms with Gasteiger partial charge in [-0.25, -0.2) is 0 Å². The molecule has 2 aromatic rings. The number of hydrogen-bond donors (Lipinski definition) is 3. The molecule has 1 fully saturated rings. The van der Waals surface area contributed by atoms with Crippen molar-refractivity contribution in [1.29, 1.82) is 0 Å². The summed E-state index contributed by atoms with van der Waals surface area (Å²) in [5, 5.41) is 13.4. The van der Waals surface area contributed by atoms with Gasteiger partial charge in [0.05, 0.1) is 5.41 Å². The van der Waals surface area contributed by atoms with Gasteiger partial charge in [0.25, 0.3) is 5.91 Å². The van der Waals surface area contributed by atoms with Gasteiger partial charge in [-0.05, 0) is 37.5 Å². The number of H-pyrrole nitrogens is 1. The number of hydrogen-bond acceptors (Lipinski definition) is 2. The van der Waals surface area contributed by atoms with Crippen molar-refractivity contribution in [3.8, 4) is 0 Å². The van der Waals surface area contributed by atoms with Gasteiger partial charge in [-0.2, -0.15) is 0 Å². The molecule has 5 heteroatoms. The van der Waals surface area contributed by atoms with Crippen LogP contribution >= 0.6 is 0 Å². The SMILES string of the molecule is Cc1ccc2cc(C(=O)NCC3(C(=O)O)CCCCC3)[nH]c2c1. The summed E-state index contributed by atoms with van der Waals surface area (Å²) < 4.78 is 0. The lowest BCUT2D eigenvalue weighted by Gasteiger charge is -2.33. The predicted octanol–water partition coefficient (Wildman–Crippen LogP) is 3.24. The molecule has 1 amide bonds. The highest BCUT2D eigenvalue weighted by Gasteiger charge is 2.39. The van der Waals surface area contributed by atoms with Gasteiger partial charge < -0.3 is 15.4 Å². The van der Waals surface area contributed by atoms with Gasteiger partial charge in [0.15, 0.2) is 0 Å². The number of carbonyl (C=O) groups is 2. The van der Waals surface area contributed by atoms with Gasteiger partial charge in [-0.3, -0.25) is 9.59 Å². The summed E-state index contributed by atoms with van der Waals surface area (Å²) in [7, 11) is 0. The molecule has 3 rings (SSSR count). The molecular formula is C18H22N2O3. The Balaban J connectivity index is 1.73. The van der Waals surface area contributed by atoms with Gasteiger partial charge in [0.1, 0.15) is 5.69 Å². The van der Waals surface area contributed by atoms with E-state index < -0.39 is 11.4 Å². The van der Waals surface area contributed by atoms with Crippen molar-refractivity contribution in [3.63, 3.8) is 0 Å². The topological polar surface area (TPSA) is 82.2 Å². The third kappa shape index (κ3) is 3.09. The van der Waals surface area contributed by atoms with E-state index in [0.29, 0.717) is 18.5 Å². The van der Waals surface area contributed by atoms with Crippen LogP contribution in [-0.2, 0) is 4.79 Å². The average Bonchev–Trinajstić information content (AvgIpc) is 2.96. The number of aryl methyl sites for hydroxylation is 1. The van der Waals surface area contributed by atoms with Crippen molar-refractivity contribution in [2.75, 3.05) is 6.54 Å². The molecule has 122 valence electrons. The maximum absolute atomic E-state index is 12.4. The number of carboxylic acids is 1. The van der Waals surface area contributed by atoms with E-state index in [2.05, 4.69) is 10.3 Å². The molecule has 0 bridgehead atoms. The van der Waals surface area contributed by atoms with Gasteiger partial charge >= 0.3 is 5.97 Å². The molecule has 0 aliphatic heterocycles. The van der Waals surface area contributed by atoms with E-state index in [1.165, 1.54) is 0 Å². The Bertz CT molecular complexity index is 742. The van der Waals surface area contributed by atoms with Crippen molar-refractivity contribution in [1.82, 2.24) is 10.3 Å². The molecule has 23 heavy (non-hydrogen) atoms. The number of benzene rings is 1. The van der Waals surface area contributed by atoms with Gasteiger partial charge in [0.2, 0.25) is 0 Å². The molecular weight excluding hydrogens is 292 g/mol. The third-order valence-corrected chi connectivity index (χ3v) is 4.87. The number of amides is 1. The van der Waals surface area contributed by atoms with Gasteiger partial charge in [0, 0.05) is 17.4 Å². The number of carboxylic acid groups (broad SMARTS) is 1. The maximum Gasteiger partial charge on any atom is 0.311 e. The van der Waals surface area contributed by atoms with Crippen molar-refractivity contribution >= 4 is 22.8 Å². The van der Waals surface area contributed by atoms with Crippen LogP contribution < -0.4 is 5.32 Å².